The number of hydrogen-bond acceptors (Lipinski definition) is 4. The van der Waals surface area contributed by atoms with E-state index in [0.717, 1.165) is 5.69 Å². The largest absolute Gasteiger partial charge is 0.378 e. The van der Waals surface area contributed by atoms with E-state index in [9.17, 15) is 9.67 Å². The van der Waals surface area contributed by atoms with E-state index in [2.05, 4.69) is 0 Å². The van der Waals surface area contributed by atoms with Crippen LogP contribution in [0.15, 0.2) is 48.5 Å². The minimum absolute atomic E-state index is 0.201. The van der Waals surface area contributed by atoms with Crippen molar-refractivity contribution in [2.75, 3.05) is 25.6 Å². The van der Waals surface area contributed by atoms with Gasteiger partial charge >= 0.3 is 0 Å². The average molecular weight is 382 g/mol. The predicted molar refractivity (Wildman–Crippen MR) is 105 cm³/mol. The fourth-order valence-corrected chi connectivity index (χ4v) is 4.68. The standard InChI is InChI=1S/C19H25ClNO3P/c1-14(2)13-24-25(23,18-11-9-17(10-12-18)21(3)4)19(22)15-5-7-16(20)8-6-15/h5-12,14,19,22H,13H2,1-4H3. The van der Waals surface area contributed by atoms with Crippen LogP contribution in [0.1, 0.15) is 25.3 Å². The van der Waals surface area contributed by atoms with Crippen molar-refractivity contribution in [3.05, 3.63) is 59.1 Å². The number of benzene rings is 2. The Balaban J connectivity index is 2.42. The fraction of sp³-hybridized carbons (Fsp3) is 0.368. The van der Waals surface area contributed by atoms with Crippen molar-refractivity contribution < 1.29 is 14.2 Å². The number of nitrogens with zero attached hydrogens (tertiary/aromatic N) is 1. The molecule has 0 aliphatic rings. The van der Waals surface area contributed by atoms with Crippen molar-refractivity contribution >= 4 is 30.0 Å². The van der Waals surface area contributed by atoms with Crippen LogP contribution in [-0.4, -0.2) is 25.8 Å². The molecule has 0 spiro atoms. The van der Waals surface area contributed by atoms with E-state index >= 15 is 0 Å². The van der Waals surface area contributed by atoms with Crippen LogP contribution in [0.2, 0.25) is 5.02 Å². The summed E-state index contributed by atoms with van der Waals surface area (Å²) in [5, 5.41) is 11.9. The molecule has 0 heterocycles. The van der Waals surface area contributed by atoms with Crippen molar-refractivity contribution in [1.29, 1.82) is 0 Å². The Bertz CT molecular complexity index is 729. The van der Waals surface area contributed by atoms with Crippen molar-refractivity contribution in [1.82, 2.24) is 0 Å². The Morgan fingerprint density at radius 2 is 1.64 bits per heavy atom. The summed E-state index contributed by atoms with van der Waals surface area (Å²) in [6.45, 7) is 4.26. The van der Waals surface area contributed by atoms with Gasteiger partial charge in [-0.05, 0) is 47.9 Å². The molecule has 0 amide bonds. The Kier molecular flexibility index (Phi) is 6.70. The van der Waals surface area contributed by atoms with Crippen LogP contribution in [0.25, 0.3) is 0 Å². The fourth-order valence-electron chi connectivity index (χ4n) is 2.34. The van der Waals surface area contributed by atoms with Gasteiger partial charge < -0.3 is 14.5 Å². The monoisotopic (exact) mass is 381 g/mol. The summed E-state index contributed by atoms with van der Waals surface area (Å²) >= 11 is 5.91. The number of rotatable bonds is 7. The summed E-state index contributed by atoms with van der Waals surface area (Å²) in [6, 6.07) is 13.9. The lowest BCUT2D eigenvalue weighted by Crippen LogP contribution is -2.17. The average Bonchev–Trinajstić information content (AvgIpc) is 2.59. The SMILES string of the molecule is CC(C)COP(=O)(c1ccc(N(C)C)cc1)C(O)c1ccc(Cl)cc1. The molecule has 2 unspecified atom stereocenters. The second kappa shape index (κ2) is 8.37. The molecule has 0 aromatic heterocycles. The first-order chi connectivity index (χ1) is 11.7. The van der Waals surface area contributed by atoms with Gasteiger partial charge in [-0.25, -0.2) is 0 Å². The molecule has 0 saturated carbocycles. The number of aliphatic hydroxyl groups is 1. The molecule has 0 bridgehead atoms. The molecule has 2 atom stereocenters. The Morgan fingerprint density at radius 1 is 1.08 bits per heavy atom. The lowest BCUT2D eigenvalue weighted by Gasteiger charge is -2.26. The molecule has 4 nitrogen and oxygen atoms in total. The van der Waals surface area contributed by atoms with E-state index < -0.39 is 13.2 Å². The Hall–Kier alpha value is -1.32. The minimum atomic E-state index is -3.51. The number of aliphatic hydroxyl groups excluding tert-OH is 1. The molecule has 2 aromatic rings. The van der Waals surface area contributed by atoms with Crippen LogP contribution in [0, 0.1) is 5.92 Å². The van der Waals surface area contributed by atoms with E-state index in [1.807, 2.05) is 45.0 Å². The van der Waals surface area contributed by atoms with Gasteiger partial charge in [0.15, 0.2) is 5.85 Å². The summed E-state index contributed by atoms with van der Waals surface area (Å²) in [4.78, 5) is 1.96. The minimum Gasteiger partial charge on any atom is -0.378 e. The lowest BCUT2D eigenvalue weighted by molar-refractivity contribution is 0.203. The Labute approximate surface area is 154 Å². The van der Waals surface area contributed by atoms with Gasteiger partial charge in [-0.1, -0.05) is 37.6 Å². The highest BCUT2D eigenvalue weighted by Crippen LogP contribution is 2.58. The highest BCUT2D eigenvalue weighted by molar-refractivity contribution is 7.67. The highest BCUT2D eigenvalue weighted by Gasteiger charge is 2.36. The van der Waals surface area contributed by atoms with E-state index in [-0.39, 0.29) is 5.92 Å². The van der Waals surface area contributed by atoms with Crippen LogP contribution in [0.3, 0.4) is 0 Å². The molecule has 0 radical (unpaired) electrons. The van der Waals surface area contributed by atoms with Gasteiger partial charge in [-0.2, -0.15) is 0 Å². The topological polar surface area (TPSA) is 49.8 Å². The van der Waals surface area contributed by atoms with Crippen LogP contribution in [0.5, 0.6) is 0 Å². The molecule has 6 heteroatoms. The molecule has 0 fully saturated rings. The van der Waals surface area contributed by atoms with Gasteiger partial charge in [0, 0.05) is 30.1 Å². The zero-order chi connectivity index (χ0) is 18.6. The first-order valence-electron chi connectivity index (χ1n) is 8.20. The van der Waals surface area contributed by atoms with Crippen molar-refractivity contribution in [2.24, 2.45) is 5.92 Å². The summed E-state index contributed by atoms with van der Waals surface area (Å²) < 4.78 is 19.4. The highest BCUT2D eigenvalue weighted by atomic mass is 35.5. The molecule has 25 heavy (non-hydrogen) atoms. The van der Waals surface area contributed by atoms with Gasteiger partial charge in [0.1, 0.15) is 0 Å². The zero-order valence-electron chi connectivity index (χ0n) is 15.0. The molecule has 0 aliphatic carbocycles. The van der Waals surface area contributed by atoms with Crippen LogP contribution < -0.4 is 10.2 Å². The summed E-state index contributed by atoms with van der Waals surface area (Å²) in [7, 11) is 0.364. The second-order valence-corrected chi connectivity index (χ2v) is 9.52. The molecule has 0 saturated heterocycles. The molecular formula is C19H25ClNO3P. The predicted octanol–water partition coefficient (Wildman–Crippen LogP) is 4.67. The van der Waals surface area contributed by atoms with E-state index in [0.29, 0.717) is 22.5 Å². The van der Waals surface area contributed by atoms with Crippen molar-refractivity contribution in [3.8, 4) is 0 Å². The van der Waals surface area contributed by atoms with Crippen LogP contribution >= 0.6 is 19.0 Å². The third-order valence-electron chi connectivity index (χ3n) is 3.82. The van der Waals surface area contributed by atoms with Crippen molar-refractivity contribution in [2.45, 2.75) is 19.7 Å². The van der Waals surface area contributed by atoms with Gasteiger partial charge in [-0.15, -0.1) is 0 Å². The first-order valence-corrected chi connectivity index (χ1v) is 10.3. The maximum atomic E-state index is 13.7. The van der Waals surface area contributed by atoms with E-state index in [1.54, 1.807) is 36.4 Å². The van der Waals surface area contributed by atoms with Gasteiger partial charge in [0.05, 0.1) is 6.61 Å². The quantitative estimate of drug-likeness (QED) is 0.708. The molecular weight excluding hydrogens is 357 g/mol. The van der Waals surface area contributed by atoms with E-state index in [4.69, 9.17) is 16.1 Å². The zero-order valence-corrected chi connectivity index (χ0v) is 16.7. The Morgan fingerprint density at radius 3 is 2.12 bits per heavy atom. The smallest absolute Gasteiger partial charge is 0.264 e. The third kappa shape index (κ3) is 4.86. The molecule has 1 N–H and O–H groups in total. The first kappa shape index (κ1) is 20.0. The maximum absolute atomic E-state index is 13.7. The number of anilines is 1. The van der Waals surface area contributed by atoms with Crippen molar-refractivity contribution in [3.63, 3.8) is 0 Å². The summed E-state index contributed by atoms with van der Waals surface area (Å²) in [5.74, 6) is -1.04. The van der Waals surface area contributed by atoms with Gasteiger partial charge in [-0.3, -0.25) is 4.57 Å². The molecule has 2 rings (SSSR count). The molecule has 0 aliphatic heterocycles. The third-order valence-corrected chi connectivity index (χ3v) is 6.56. The second-order valence-electron chi connectivity index (χ2n) is 6.62. The van der Waals surface area contributed by atoms with Gasteiger partial charge in [0.25, 0.3) is 7.37 Å². The molecule has 136 valence electrons. The summed E-state index contributed by atoms with van der Waals surface area (Å²) in [6.07, 6.45) is 0. The van der Waals surface area contributed by atoms with Gasteiger partial charge in [0.2, 0.25) is 0 Å². The molecule has 2 aromatic carbocycles. The normalized spacial score (nSPS) is 15.0. The van der Waals surface area contributed by atoms with Crippen LogP contribution in [-0.2, 0) is 9.09 Å². The summed E-state index contributed by atoms with van der Waals surface area (Å²) in [5.41, 5.74) is 1.51. The maximum Gasteiger partial charge on any atom is 0.264 e. The lowest BCUT2D eigenvalue weighted by atomic mass is 10.2. The van der Waals surface area contributed by atoms with E-state index in [1.165, 1.54) is 0 Å². The van der Waals surface area contributed by atoms with Crippen LogP contribution in [0.4, 0.5) is 5.69 Å². The number of halogens is 1. The number of hydrogen-bond donors (Lipinski definition) is 1.